The van der Waals surface area contributed by atoms with Crippen molar-refractivity contribution in [3.63, 3.8) is 0 Å². The van der Waals surface area contributed by atoms with Crippen LogP contribution < -0.4 is 10.5 Å². The second-order valence-corrected chi connectivity index (χ2v) is 8.87. The highest BCUT2D eigenvalue weighted by Crippen LogP contribution is 2.29. The first-order valence-corrected chi connectivity index (χ1v) is 11.7. The maximum atomic E-state index is 12.7. The summed E-state index contributed by atoms with van der Waals surface area (Å²) in [7, 11) is 1.53. The van der Waals surface area contributed by atoms with Gasteiger partial charge in [0.2, 0.25) is 0 Å². The summed E-state index contributed by atoms with van der Waals surface area (Å²) in [6.07, 6.45) is 1.75. The number of hydrogen-bond donors (Lipinski definition) is 1. The van der Waals surface area contributed by atoms with Crippen molar-refractivity contribution in [2.45, 2.75) is 6.92 Å². The number of benzene rings is 1. The normalized spacial score (nSPS) is 14.6. The molecule has 33 heavy (non-hydrogen) atoms. The van der Waals surface area contributed by atoms with E-state index in [0.717, 1.165) is 48.9 Å². The zero-order valence-electron chi connectivity index (χ0n) is 18.4. The summed E-state index contributed by atoms with van der Waals surface area (Å²) in [5.74, 6) is -0.262. The third-order valence-corrected chi connectivity index (χ3v) is 6.75. The number of nitrogens with one attached hydrogen (secondary N) is 1. The van der Waals surface area contributed by atoms with E-state index in [1.807, 2.05) is 24.3 Å². The number of morpholine rings is 1. The summed E-state index contributed by atoms with van der Waals surface area (Å²) in [6.45, 7) is 5.32. The minimum atomic E-state index is -0.504. The van der Waals surface area contributed by atoms with Crippen LogP contribution in [-0.2, 0) is 14.2 Å². The molecule has 1 aliphatic rings. The Hall–Kier alpha value is -2.72. The van der Waals surface area contributed by atoms with E-state index >= 15 is 0 Å². The number of ether oxygens (including phenoxy) is 3. The molecule has 0 unspecified atom stereocenters. The van der Waals surface area contributed by atoms with Gasteiger partial charge in [0.1, 0.15) is 16.3 Å². The number of carbonyl (C=O) groups excluding carboxylic acids is 1. The third kappa shape index (κ3) is 5.27. The highest BCUT2D eigenvalue weighted by molar-refractivity contribution is 7.20. The van der Waals surface area contributed by atoms with Gasteiger partial charge in [0.05, 0.1) is 30.2 Å². The molecular weight excluding hydrogens is 466 g/mol. The molecule has 3 heterocycles. The van der Waals surface area contributed by atoms with Gasteiger partial charge in [-0.25, -0.2) is 9.78 Å². The third-order valence-electron chi connectivity index (χ3n) is 5.30. The lowest BCUT2D eigenvalue weighted by molar-refractivity contribution is 0.0393. The molecule has 0 saturated carbocycles. The van der Waals surface area contributed by atoms with Gasteiger partial charge in [-0.15, -0.1) is 11.3 Å². The first-order valence-electron chi connectivity index (χ1n) is 10.5. The van der Waals surface area contributed by atoms with Crippen LogP contribution in [0.4, 0.5) is 5.69 Å². The molecule has 174 valence electrons. The van der Waals surface area contributed by atoms with Crippen molar-refractivity contribution >= 4 is 55.9 Å². The number of methoxy groups -OCH3 is 1. The molecule has 1 aromatic carbocycles. The minimum absolute atomic E-state index is 0.136. The summed E-state index contributed by atoms with van der Waals surface area (Å²) in [5.41, 5.74) is 2.19. The second kappa shape index (κ2) is 10.5. The van der Waals surface area contributed by atoms with E-state index in [4.69, 9.17) is 25.8 Å². The number of thiophene rings is 1. The van der Waals surface area contributed by atoms with Crippen molar-refractivity contribution < 1.29 is 19.0 Å². The van der Waals surface area contributed by atoms with E-state index in [1.54, 1.807) is 13.0 Å². The Morgan fingerprint density at radius 3 is 2.70 bits per heavy atom. The molecule has 3 aromatic rings. The van der Waals surface area contributed by atoms with E-state index in [1.165, 1.54) is 7.11 Å². The molecule has 0 amide bonds. The predicted octanol–water partition coefficient (Wildman–Crippen LogP) is 3.67. The Balaban J connectivity index is 1.58. The van der Waals surface area contributed by atoms with Crippen molar-refractivity contribution in [3.05, 3.63) is 56.4 Å². The van der Waals surface area contributed by atoms with E-state index in [0.29, 0.717) is 32.3 Å². The number of aryl methyl sites for hydroxylation is 1. The Morgan fingerprint density at radius 2 is 2.00 bits per heavy atom. The molecule has 0 spiro atoms. The molecular formula is C23H24ClN3O5S. The second-order valence-electron chi connectivity index (χ2n) is 7.46. The summed E-state index contributed by atoms with van der Waals surface area (Å²) in [6, 6.07) is 8.00. The highest BCUT2D eigenvalue weighted by Gasteiger charge is 2.21. The Kier molecular flexibility index (Phi) is 7.44. The van der Waals surface area contributed by atoms with Crippen LogP contribution in [0.5, 0.6) is 0 Å². The number of esters is 1. The minimum Gasteiger partial charge on any atom is -0.459 e. The lowest BCUT2D eigenvalue weighted by Crippen LogP contribution is -2.36. The number of aromatic amines is 1. The molecule has 10 heteroatoms. The van der Waals surface area contributed by atoms with Crippen molar-refractivity contribution in [1.82, 2.24) is 9.97 Å². The van der Waals surface area contributed by atoms with Crippen LogP contribution >= 0.6 is 22.9 Å². The van der Waals surface area contributed by atoms with Crippen LogP contribution in [0.15, 0.2) is 29.1 Å². The topological polar surface area (TPSA) is 93.8 Å². The number of H-pyrrole nitrogens is 1. The van der Waals surface area contributed by atoms with Gasteiger partial charge in [-0.3, -0.25) is 4.79 Å². The lowest BCUT2D eigenvalue weighted by Gasteiger charge is -2.28. The molecule has 1 aliphatic heterocycles. The zero-order valence-corrected chi connectivity index (χ0v) is 19.9. The van der Waals surface area contributed by atoms with E-state index in [-0.39, 0.29) is 18.0 Å². The summed E-state index contributed by atoms with van der Waals surface area (Å²) in [5, 5.41) is 0.658. The number of carbonyl (C=O) groups is 1. The van der Waals surface area contributed by atoms with E-state index in [9.17, 15) is 9.59 Å². The number of rotatable bonds is 7. The van der Waals surface area contributed by atoms with Gasteiger partial charge < -0.3 is 24.1 Å². The van der Waals surface area contributed by atoms with Gasteiger partial charge >= 0.3 is 5.97 Å². The van der Waals surface area contributed by atoms with Crippen molar-refractivity contribution in [3.8, 4) is 0 Å². The molecule has 2 aromatic heterocycles. The molecule has 0 bridgehead atoms. The first kappa shape index (κ1) is 23.4. The van der Waals surface area contributed by atoms with E-state index in [2.05, 4.69) is 14.9 Å². The van der Waals surface area contributed by atoms with Crippen LogP contribution in [0, 0.1) is 6.92 Å². The van der Waals surface area contributed by atoms with Crippen LogP contribution in [0.1, 0.15) is 26.6 Å². The van der Waals surface area contributed by atoms with Crippen molar-refractivity contribution in [2.24, 2.45) is 0 Å². The number of fused-ring (bicyclic) bond motifs is 1. The van der Waals surface area contributed by atoms with E-state index < -0.39 is 5.97 Å². The number of anilines is 1. The molecule has 0 radical (unpaired) electrons. The average Bonchev–Trinajstić information content (AvgIpc) is 3.17. The highest BCUT2D eigenvalue weighted by atomic mass is 35.5. The SMILES string of the molecule is COCCOC(=O)c1sc2nc(C(Cl)=Cc3ccc(N4CCOCC4)cc3)[nH]c(=O)c2c1C. The largest absolute Gasteiger partial charge is 0.459 e. The summed E-state index contributed by atoms with van der Waals surface area (Å²) >= 11 is 7.61. The van der Waals surface area contributed by atoms with Gasteiger partial charge in [-0.1, -0.05) is 23.7 Å². The molecule has 1 N–H and O–H groups in total. The van der Waals surface area contributed by atoms with Crippen LogP contribution in [-0.4, -0.2) is 62.6 Å². The Labute approximate surface area is 199 Å². The smallest absolute Gasteiger partial charge is 0.348 e. The molecule has 8 nitrogen and oxygen atoms in total. The number of halogens is 1. The fourth-order valence-corrected chi connectivity index (χ4v) is 4.84. The van der Waals surface area contributed by atoms with Gasteiger partial charge in [0.15, 0.2) is 5.82 Å². The Morgan fingerprint density at radius 1 is 1.27 bits per heavy atom. The zero-order chi connectivity index (χ0) is 23.4. The van der Waals surface area contributed by atoms with Gasteiger partial charge in [-0.05, 0) is 36.3 Å². The monoisotopic (exact) mass is 489 g/mol. The fraction of sp³-hybridized carbons (Fsp3) is 0.348. The molecule has 4 rings (SSSR count). The van der Waals surface area contributed by atoms with Gasteiger partial charge in [0.25, 0.3) is 5.56 Å². The summed E-state index contributed by atoms with van der Waals surface area (Å²) in [4.78, 5) is 35.4. The van der Waals surface area contributed by atoms with Gasteiger partial charge in [0, 0.05) is 25.9 Å². The number of aromatic nitrogens is 2. The first-order chi connectivity index (χ1) is 16.0. The summed E-state index contributed by atoms with van der Waals surface area (Å²) < 4.78 is 15.5. The molecule has 1 saturated heterocycles. The number of hydrogen-bond acceptors (Lipinski definition) is 8. The Bertz CT molecular complexity index is 1230. The number of nitrogens with zero attached hydrogens (tertiary/aromatic N) is 2. The van der Waals surface area contributed by atoms with Crippen molar-refractivity contribution in [1.29, 1.82) is 0 Å². The van der Waals surface area contributed by atoms with Gasteiger partial charge in [-0.2, -0.15) is 0 Å². The maximum Gasteiger partial charge on any atom is 0.348 e. The maximum absolute atomic E-state index is 12.7. The molecule has 0 aliphatic carbocycles. The molecule has 1 fully saturated rings. The fourth-order valence-electron chi connectivity index (χ4n) is 3.55. The van der Waals surface area contributed by atoms with Crippen LogP contribution in [0.2, 0.25) is 0 Å². The lowest BCUT2D eigenvalue weighted by atomic mass is 10.1. The van der Waals surface area contributed by atoms with Crippen LogP contribution in [0.3, 0.4) is 0 Å². The molecule has 0 atom stereocenters. The van der Waals surface area contributed by atoms with Crippen LogP contribution in [0.25, 0.3) is 21.3 Å². The quantitative estimate of drug-likeness (QED) is 0.399. The standard InChI is InChI=1S/C23H24ClN3O5S/c1-14-18-21(28)25-20(26-22(18)33-19(14)23(29)32-12-11-30-2)17(24)13-15-3-5-16(6-4-15)27-7-9-31-10-8-27/h3-6,13H,7-12H2,1-2H3,(H,25,26,28). The predicted molar refractivity (Wildman–Crippen MR) is 130 cm³/mol. The van der Waals surface area contributed by atoms with Crippen molar-refractivity contribution in [2.75, 3.05) is 51.5 Å². The average molecular weight is 490 g/mol.